The van der Waals surface area contributed by atoms with Crippen LogP contribution in [-0.4, -0.2) is 32.7 Å². The molecule has 0 bridgehead atoms. The van der Waals surface area contributed by atoms with Crippen molar-refractivity contribution in [3.63, 3.8) is 0 Å². The Morgan fingerprint density at radius 3 is 2.44 bits per heavy atom. The number of carbonyl (C=O) groups excluding carboxylic acids is 3. The number of thiophene rings is 1. The second kappa shape index (κ2) is 11.7. The Labute approximate surface area is 240 Å². The van der Waals surface area contributed by atoms with E-state index >= 15 is 0 Å². The minimum atomic E-state index is -0.931. The zero-order chi connectivity index (χ0) is 28.2. The normalized spacial score (nSPS) is 13.5. The molecule has 206 valence electrons. The average molecular weight is 565 g/mol. The van der Waals surface area contributed by atoms with E-state index in [1.165, 1.54) is 16.2 Å². The summed E-state index contributed by atoms with van der Waals surface area (Å²) in [5, 5.41) is 18.1. The Balaban J connectivity index is 1.34. The van der Waals surface area contributed by atoms with Gasteiger partial charge in [-0.3, -0.25) is 19.3 Å². The molecule has 1 atom stereocenters. The third-order valence-corrected chi connectivity index (χ3v) is 7.71. The molecule has 1 aliphatic carbocycles. The van der Waals surface area contributed by atoms with Crippen LogP contribution in [0.5, 0.6) is 0 Å². The second-order valence-electron chi connectivity index (χ2n) is 9.97. The highest BCUT2D eigenvalue weighted by atomic mass is 32.1. The molecule has 9 nitrogen and oxygen atoms in total. The number of anilines is 2. The summed E-state index contributed by atoms with van der Waals surface area (Å²) in [6.07, 6.45) is 1.81. The van der Waals surface area contributed by atoms with Crippen LogP contribution in [0.15, 0.2) is 95.7 Å². The lowest BCUT2D eigenvalue weighted by molar-refractivity contribution is -0.127. The number of amides is 3. The third kappa shape index (κ3) is 6.02. The fraction of sp³-hybridized carbons (Fsp3) is 0.194. The van der Waals surface area contributed by atoms with Gasteiger partial charge in [-0.25, -0.2) is 4.68 Å². The average Bonchev–Trinajstić information content (AvgIpc) is 3.58. The van der Waals surface area contributed by atoms with E-state index < -0.39 is 6.04 Å². The van der Waals surface area contributed by atoms with Gasteiger partial charge < -0.3 is 10.6 Å². The van der Waals surface area contributed by atoms with Gasteiger partial charge in [0.1, 0.15) is 18.1 Å². The van der Waals surface area contributed by atoms with Crippen molar-refractivity contribution in [3.05, 3.63) is 107 Å². The van der Waals surface area contributed by atoms with Crippen LogP contribution in [0.4, 0.5) is 11.4 Å². The van der Waals surface area contributed by atoms with Gasteiger partial charge in [0, 0.05) is 23.8 Å². The molecule has 3 amide bonds. The summed E-state index contributed by atoms with van der Waals surface area (Å²) in [6.45, 7) is 0.204. The summed E-state index contributed by atoms with van der Waals surface area (Å²) in [6, 6.07) is 25.0. The van der Waals surface area contributed by atoms with Crippen LogP contribution in [0.25, 0.3) is 11.0 Å². The van der Waals surface area contributed by atoms with Crippen LogP contribution < -0.4 is 15.5 Å². The summed E-state index contributed by atoms with van der Waals surface area (Å²) >= 11 is 1.46. The SMILES string of the molecule is O=C(Nc1ccc(N(C(=O)Cn2nnc3ccccc32)[C@H](C(=O)NCc2ccccc2)c2ccsc2)cc1)C1CC1. The lowest BCUT2D eigenvalue weighted by Gasteiger charge is -2.31. The van der Waals surface area contributed by atoms with Crippen molar-refractivity contribution in [2.75, 3.05) is 10.2 Å². The molecule has 2 N–H and O–H groups in total. The van der Waals surface area contributed by atoms with Crippen molar-refractivity contribution in [1.29, 1.82) is 0 Å². The summed E-state index contributed by atoms with van der Waals surface area (Å²) < 4.78 is 1.54. The number of benzene rings is 3. The highest BCUT2D eigenvalue weighted by Gasteiger charge is 2.34. The Morgan fingerprint density at radius 1 is 0.951 bits per heavy atom. The van der Waals surface area contributed by atoms with Gasteiger partial charge in [-0.15, -0.1) is 5.10 Å². The molecule has 1 saturated carbocycles. The Bertz CT molecular complexity index is 1660. The molecule has 5 aromatic rings. The van der Waals surface area contributed by atoms with Crippen molar-refractivity contribution in [2.45, 2.75) is 32.0 Å². The number of para-hydroxylation sites is 1. The van der Waals surface area contributed by atoms with Crippen LogP contribution in [-0.2, 0) is 27.5 Å². The standard InChI is InChI=1S/C31H28N6O3S/c38-28(19-36-27-9-5-4-8-26(27)34-35-36)37(25-14-12-24(13-15-25)33-30(39)22-10-11-22)29(23-16-17-41-20-23)31(40)32-18-21-6-2-1-3-7-21/h1-9,12-17,20,22,29H,10-11,18-19H2,(H,32,40)(H,33,39)/t29-/m0/s1. The third-order valence-electron chi connectivity index (χ3n) is 7.01. The molecule has 6 rings (SSSR count). The molecule has 2 heterocycles. The van der Waals surface area contributed by atoms with Gasteiger partial charge in [-0.1, -0.05) is 47.7 Å². The Morgan fingerprint density at radius 2 is 1.71 bits per heavy atom. The van der Waals surface area contributed by atoms with E-state index in [0.717, 1.165) is 23.9 Å². The second-order valence-corrected chi connectivity index (χ2v) is 10.8. The molecule has 0 aliphatic heterocycles. The maximum atomic E-state index is 14.1. The molecular weight excluding hydrogens is 536 g/mol. The number of aromatic nitrogens is 3. The van der Waals surface area contributed by atoms with E-state index in [9.17, 15) is 14.4 Å². The minimum Gasteiger partial charge on any atom is -0.350 e. The fourth-order valence-electron chi connectivity index (χ4n) is 4.70. The van der Waals surface area contributed by atoms with Gasteiger partial charge in [-0.05, 0) is 77.2 Å². The number of fused-ring (bicyclic) bond motifs is 1. The van der Waals surface area contributed by atoms with Crippen LogP contribution in [0, 0.1) is 5.92 Å². The van der Waals surface area contributed by atoms with E-state index in [-0.39, 0.29) is 30.2 Å². The predicted molar refractivity (Wildman–Crippen MR) is 158 cm³/mol. The minimum absolute atomic E-state index is 0.000169. The summed E-state index contributed by atoms with van der Waals surface area (Å²) in [7, 11) is 0. The van der Waals surface area contributed by atoms with Crippen LogP contribution in [0.3, 0.4) is 0 Å². The molecule has 0 radical (unpaired) electrons. The smallest absolute Gasteiger partial charge is 0.249 e. The molecule has 10 heteroatoms. The quantitative estimate of drug-likeness (QED) is 0.250. The van der Waals surface area contributed by atoms with E-state index in [0.29, 0.717) is 29.0 Å². The number of nitrogens with one attached hydrogen (secondary N) is 2. The van der Waals surface area contributed by atoms with Crippen molar-refractivity contribution in [2.24, 2.45) is 5.92 Å². The first-order chi connectivity index (χ1) is 20.1. The zero-order valence-corrected chi connectivity index (χ0v) is 23.0. The zero-order valence-electron chi connectivity index (χ0n) is 22.1. The van der Waals surface area contributed by atoms with Crippen molar-refractivity contribution < 1.29 is 14.4 Å². The van der Waals surface area contributed by atoms with Gasteiger partial charge in [0.25, 0.3) is 0 Å². The van der Waals surface area contributed by atoms with E-state index in [4.69, 9.17) is 0 Å². The molecule has 2 aromatic heterocycles. The van der Waals surface area contributed by atoms with Crippen molar-refractivity contribution in [3.8, 4) is 0 Å². The van der Waals surface area contributed by atoms with Gasteiger partial charge in [0.05, 0.1) is 5.52 Å². The monoisotopic (exact) mass is 564 g/mol. The highest BCUT2D eigenvalue weighted by Crippen LogP contribution is 2.33. The molecule has 0 unspecified atom stereocenters. The number of rotatable bonds is 10. The summed E-state index contributed by atoms with van der Waals surface area (Å²) in [5.74, 6) is -0.571. The van der Waals surface area contributed by atoms with E-state index in [2.05, 4.69) is 20.9 Å². The lowest BCUT2D eigenvalue weighted by Crippen LogP contribution is -2.45. The van der Waals surface area contributed by atoms with Gasteiger partial charge in [0.2, 0.25) is 17.7 Å². The molecule has 3 aromatic carbocycles. The topological polar surface area (TPSA) is 109 Å². The van der Waals surface area contributed by atoms with Crippen LogP contribution in [0.1, 0.15) is 30.0 Å². The maximum absolute atomic E-state index is 14.1. The van der Waals surface area contributed by atoms with Gasteiger partial charge in [0.15, 0.2) is 0 Å². The first-order valence-electron chi connectivity index (χ1n) is 13.4. The number of nitrogens with zero attached hydrogens (tertiary/aromatic N) is 4. The molecule has 1 aliphatic rings. The Hall–Kier alpha value is -4.83. The first-order valence-corrected chi connectivity index (χ1v) is 14.4. The van der Waals surface area contributed by atoms with Crippen LogP contribution >= 0.6 is 11.3 Å². The molecular formula is C31H28N6O3S. The van der Waals surface area contributed by atoms with Gasteiger partial charge in [-0.2, -0.15) is 11.3 Å². The largest absolute Gasteiger partial charge is 0.350 e. The van der Waals surface area contributed by atoms with E-state index in [1.54, 1.807) is 28.9 Å². The molecule has 0 spiro atoms. The lowest BCUT2D eigenvalue weighted by atomic mass is 10.1. The molecule has 1 fully saturated rings. The van der Waals surface area contributed by atoms with Crippen molar-refractivity contribution >= 4 is 51.5 Å². The summed E-state index contributed by atoms with van der Waals surface area (Å²) in [4.78, 5) is 41.8. The highest BCUT2D eigenvalue weighted by molar-refractivity contribution is 7.08. The predicted octanol–water partition coefficient (Wildman–Crippen LogP) is 4.93. The van der Waals surface area contributed by atoms with Gasteiger partial charge >= 0.3 is 0 Å². The van der Waals surface area contributed by atoms with Crippen LogP contribution in [0.2, 0.25) is 0 Å². The van der Waals surface area contributed by atoms with E-state index in [1.807, 2.05) is 71.4 Å². The number of carbonyl (C=O) groups is 3. The number of hydrogen-bond donors (Lipinski definition) is 2. The number of hydrogen-bond acceptors (Lipinski definition) is 6. The molecule has 41 heavy (non-hydrogen) atoms. The van der Waals surface area contributed by atoms with Crippen molar-refractivity contribution in [1.82, 2.24) is 20.3 Å². The molecule has 0 saturated heterocycles. The first kappa shape index (κ1) is 26.4. The maximum Gasteiger partial charge on any atom is 0.249 e. The Kier molecular flexibility index (Phi) is 7.55. The fourth-order valence-corrected chi connectivity index (χ4v) is 5.38. The summed E-state index contributed by atoms with van der Waals surface area (Å²) in [5.41, 5.74) is 4.21.